The van der Waals surface area contributed by atoms with E-state index in [1.165, 1.54) is 77.7 Å². The first kappa shape index (κ1) is 28.0. The second-order valence-corrected chi connectivity index (χ2v) is 15.3. The highest BCUT2D eigenvalue weighted by molar-refractivity contribution is 6.27. The Morgan fingerprint density at radius 1 is 0.460 bits per heavy atom. The van der Waals surface area contributed by atoms with Gasteiger partial charge in [0.05, 0.1) is 16.4 Å². The largest absolute Gasteiger partial charge is 0.455 e. The van der Waals surface area contributed by atoms with E-state index >= 15 is 0 Å². The molecule has 0 aliphatic heterocycles. The lowest BCUT2D eigenvalue weighted by Crippen LogP contribution is -2.15. The summed E-state index contributed by atoms with van der Waals surface area (Å²) in [6.07, 6.45) is 0. The molecule has 2 nitrogen and oxygen atoms in total. The SMILES string of the molecule is CC1(C)c2ccccc2-c2ccc(-c3cc4c5ccccc5oc4c4c5ccccc5n(-c5ccc6c(c5)C(C)(C)c5ccccc5-6)c34)cc21. The molecule has 0 saturated heterocycles. The van der Waals surface area contributed by atoms with Gasteiger partial charge in [0.15, 0.2) is 0 Å². The van der Waals surface area contributed by atoms with Crippen molar-refractivity contribution in [3.63, 3.8) is 0 Å². The minimum Gasteiger partial charge on any atom is -0.455 e. The first-order chi connectivity index (χ1) is 24.3. The van der Waals surface area contributed by atoms with E-state index in [2.05, 4.69) is 172 Å². The van der Waals surface area contributed by atoms with Gasteiger partial charge in [0.2, 0.25) is 0 Å². The number of para-hydroxylation sites is 2. The Morgan fingerprint density at radius 3 is 1.78 bits per heavy atom. The standard InChI is InChI=1S/C48H35NO/c1-47(2)38-17-9-5-13-30(38)32-23-21-28(25-40(32)47)36-27-37-34-15-8-12-20-43(34)50-46(37)44-35-16-7-11-19-42(35)49(45(36)44)29-22-24-33-31-14-6-10-18-39(31)48(3,4)41(33)26-29/h5-27H,1-4H3. The molecule has 0 bridgehead atoms. The highest BCUT2D eigenvalue weighted by Crippen LogP contribution is 2.53. The molecule has 2 heteroatoms. The Morgan fingerprint density at radius 2 is 1.04 bits per heavy atom. The molecule has 0 N–H and O–H groups in total. The molecule has 0 unspecified atom stereocenters. The molecule has 7 aromatic carbocycles. The van der Waals surface area contributed by atoms with Crippen LogP contribution in [0.5, 0.6) is 0 Å². The highest BCUT2D eigenvalue weighted by atomic mass is 16.3. The molecule has 2 aliphatic rings. The van der Waals surface area contributed by atoms with Crippen LogP contribution in [0, 0.1) is 0 Å². The van der Waals surface area contributed by atoms with Gasteiger partial charge < -0.3 is 8.98 Å². The molecule has 2 aliphatic carbocycles. The van der Waals surface area contributed by atoms with Gasteiger partial charge in [-0.1, -0.05) is 131 Å². The Kier molecular flexibility index (Phi) is 5.28. The van der Waals surface area contributed by atoms with Crippen LogP contribution >= 0.6 is 0 Å². The minimum atomic E-state index is -0.101. The van der Waals surface area contributed by atoms with E-state index < -0.39 is 0 Å². The molecular formula is C48H35NO. The molecule has 238 valence electrons. The molecule has 0 atom stereocenters. The molecular weight excluding hydrogens is 607 g/mol. The van der Waals surface area contributed by atoms with Crippen molar-refractivity contribution in [1.82, 2.24) is 4.57 Å². The van der Waals surface area contributed by atoms with Crippen molar-refractivity contribution in [2.24, 2.45) is 0 Å². The molecule has 0 radical (unpaired) electrons. The van der Waals surface area contributed by atoms with E-state index in [4.69, 9.17) is 4.42 Å². The van der Waals surface area contributed by atoms with Crippen LogP contribution in [0.1, 0.15) is 49.9 Å². The average molecular weight is 642 g/mol. The van der Waals surface area contributed by atoms with Crippen LogP contribution in [-0.2, 0) is 10.8 Å². The van der Waals surface area contributed by atoms with Gasteiger partial charge in [0, 0.05) is 38.2 Å². The zero-order valence-corrected chi connectivity index (χ0v) is 28.6. The molecule has 2 heterocycles. The molecule has 50 heavy (non-hydrogen) atoms. The third kappa shape index (κ3) is 3.43. The molecule has 9 aromatic rings. The normalized spacial score (nSPS) is 15.1. The lowest BCUT2D eigenvalue weighted by Gasteiger charge is -2.23. The van der Waals surface area contributed by atoms with Crippen molar-refractivity contribution in [3.05, 3.63) is 162 Å². The maximum Gasteiger partial charge on any atom is 0.145 e. The number of hydrogen-bond donors (Lipinski definition) is 0. The van der Waals surface area contributed by atoms with Crippen molar-refractivity contribution in [1.29, 1.82) is 0 Å². The fourth-order valence-electron chi connectivity index (χ4n) is 9.52. The quantitative estimate of drug-likeness (QED) is 0.184. The number of hydrogen-bond acceptors (Lipinski definition) is 1. The maximum atomic E-state index is 6.80. The van der Waals surface area contributed by atoms with Crippen LogP contribution < -0.4 is 0 Å². The van der Waals surface area contributed by atoms with E-state index in [0.717, 1.165) is 27.3 Å². The highest BCUT2D eigenvalue weighted by Gasteiger charge is 2.37. The molecule has 0 saturated carbocycles. The fraction of sp³-hybridized carbons (Fsp3) is 0.125. The molecule has 0 amide bonds. The first-order valence-electron chi connectivity index (χ1n) is 17.7. The zero-order chi connectivity index (χ0) is 33.5. The Hall–Kier alpha value is -5.86. The van der Waals surface area contributed by atoms with Crippen molar-refractivity contribution in [2.45, 2.75) is 38.5 Å². The van der Waals surface area contributed by atoms with Crippen molar-refractivity contribution in [2.75, 3.05) is 0 Å². The lowest BCUT2D eigenvalue weighted by molar-refractivity contribution is 0.660. The second kappa shape index (κ2) is 9.43. The van der Waals surface area contributed by atoms with E-state index in [9.17, 15) is 0 Å². The van der Waals surface area contributed by atoms with Crippen molar-refractivity contribution in [3.8, 4) is 39.1 Å². The van der Waals surface area contributed by atoms with Gasteiger partial charge in [-0.25, -0.2) is 0 Å². The number of benzene rings is 7. The van der Waals surface area contributed by atoms with Crippen LogP contribution in [0.2, 0.25) is 0 Å². The van der Waals surface area contributed by atoms with Gasteiger partial charge in [-0.05, 0) is 86.5 Å². The topological polar surface area (TPSA) is 18.1 Å². The van der Waals surface area contributed by atoms with E-state index in [0.29, 0.717) is 0 Å². The summed E-state index contributed by atoms with van der Waals surface area (Å²) in [7, 11) is 0. The number of nitrogens with zero attached hydrogens (tertiary/aromatic N) is 1. The lowest BCUT2D eigenvalue weighted by atomic mass is 9.81. The summed E-state index contributed by atoms with van der Waals surface area (Å²) < 4.78 is 9.30. The van der Waals surface area contributed by atoms with E-state index in [-0.39, 0.29) is 10.8 Å². The number of rotatable bonds is 2. The fourth-order valence-corrected chi connectivity index (χ4v) is 9.52. The Bertz CT molecular complexity index is 2930. The van der Waals surface area contributed by atoms with Gasteiger partial charge in [0.25, 0.3) is 0 Å². The molecule has 0 fully saturated rings. The van der Waals surface area contributed by atoms with E-state index in [1.54, 1.807) is 0 Å². The minimum absolute atomic E-state index is 0.0965. The van der Waals surface area contributed by atoms with Gasteiger partial charge in [-0.15, -0.1) is 0 Å². The summed E-state index contributed by atoms with van der Waals surface area (Å²) in [5, 5.41) is 4.66. The van der Waals surface area contributed by atoms with Crippen LogP contribution in [-0.4, -0.2) is 4.57 Å². The van der Waals surface area contributed by atoms with Crippen LogP contribution in [0.25, 0.3) is 82.8 Å². The Balaban J connectivity index is 1.27. The monoisotopic (exact) mass is 641 g/mol. The molecule has 0 spiro atoms. The molecule has 2 aromatic heterocycles. The first-order valence-corrected chi connectivity index (χ1v) is 17.7. The Labute approximate surface area is 291 Å². The second-order valence-electron chi connectivity index (χ2n) is 15.3. The van der Waals surface area contributed by atoms with Gasteiger partial charge in [0.1, 0.15) is 11.2 Å². The van der Waals surface area contributed by atoms with Crippen LogP contribution in [0.3, 0.4) is 0 Å². The van der Waals surface area contributed by atoms with Crippen molar-refractivity contribution < 1.29 is 4.42 Å². The van der Waals surface area contributed by atoms with Gasteiger partial charge in [-0.2, -0.15) is 0 Å². The summed E-state index contributed by atoms with van der Waals surface area (Å²) in [6, 6.07) is 51.7. The van der Waals surface area contributed by atoms with Crippen molar-refractivity contribution >= 4 is 43.7 Å². The van der Waals surface area contributed by atoms with Gasteiger partial charge in [-0.3, -0.25) is 0 Å². The summed E-state index contributed by atoms with van der Waals surface area (Å²) >= 11 is 0. The summed E-state index contributed by atoms with van der Waals surface area (Å²) in [5.74, 6) is 0. The summed E-state index contributed by atoms with van der Waals surface area (Å²) in [5.41, 5.74) is 18.5. The third-order valence-electron chi connectivity index (χ3n) is 12.0. The van der Waals surface area contributed by atoms with Crippen LogP contribution in [0.4, 0.5) is 0 Å². The predicted molar refractivity (Wildman–Crippen MR) is 209 cm³/mol. The summed E-state index contributed by atoms with van der Waals surface area (Å²) in [6.45, 7) is 9.46. The zero-order valence-electron chi connectivity index (χ0n) is 28.6. The number of aromatic nitrogens is 1. The maximum absolute atomic E-state index is 6.80. The summed E-state index contributed by atoms with van der Waals surface area (Å²) in [4.78, 5) is 0. The number of fused-ring (bicyclic) bond motifs is 13. The average Bonchev–Trinajstić information content (AvgIpc) is 3.82. The number of furan rings is 1. The van der Waals surface area contributed by atoms with Gasteiger partial charge >= 0.3 is 0 Å². The smallest absolute Gasteiger partial charge is 0.145 e. The van der Waals surface area contributed by atoms with E-state index in [1.807, 2.05) is 0 Å². The third-order valence-corrected chi connectivity index (χ3v) is 12.0. The molecule has 11 rings (SSSR count). The van der Waals surface area contributed by atoms with Crippen LogP contribution in [0.15, 0.2) is 144 Å². The predicted octanol–water partition coefficient (Wildman–Crippen LogP) is 13.0.